The molecule has 0 amide bonds. The molecule has 1 fully saturated rings. The smallest absolute Gasteiger partial charge is 0.305 e. The van der Waals surface area contributed by atoms with E-state index in [9.17, 15) is 9.90 Å². The molecular formula is C12H23BNO4. The van der Waals surface area contributed by atoms with Crippen molar-refractivity contribution in [1.29, 1.82) is 0 Å². The van der Waals surface area contributed by atoms with Crippen LogP contribution in [-0.4, -0.2) is 36.5 Å². The lowest BCUT2D eigenvalue weighted by atomic mass is 9.68. The zero-order chi connectivity index (χ0) is 13.4. The van der Waals surface area contributed by atoms with Crippen molar-refractivity contribution in [2.45, 2.75) is 56.9 Å². The molecule has 0 aromatic heterocycles. The third-order valence-electron chi connectivity index (χ3n) is 3.58. The number of hydrogen-bond donors (Lipinski definition) is 3. The third kappa shape index (κ3) is 5.84. The minimum Gasteiger partial charge on any atom is -0.481 e. The normalized spacial score (nSPS) is 20.3. The number of nitrogens with two attached hydrogens (primary N) is 1. The van der Waals surface area contributed by atoms with Crippen LogP contribution in [0.15, 0.2) is 0 Å². The molecule has 0 heterocycles. The monoisotopic (exact) mass is 256 g/mol. The average Bonchev–Trinajstić information content (AvgIpc) is 2.34. The maximum Gasteiger partial charge on any atom is 0.305 e. The topological polar surface area (TPSA) is 92.8 Å². The van der Waals surface area contributed by atoms with Gasteiger partial charge in [-0.05, 0) is 18.2 Å². The zero-order valence-electron chi connectivity index (χ0n) is 10.8. The highest BCUT2D eigenvalue weighted by atomic mass is 16.4. The summed E-state index contributed by atoms with van der Waals surface area (Å²) in [5, 5.41) is 18.6. The van der Waals surface area contributed by atoms with Crippen LogP contribution in [0.4, 0.5) is 0 Å². The lowest BCUT2D eigenvalue weighted by Crippen LogP contribution is -2.28. The van der Waals surface area contributed by atoms with Crippen molar-refractivity contribution in [3.63, 3.8) is 0 Å². The Morgan fingerprint density at radius 3 is 2.61 bits per heavy atom. The molecule has 0 aromatic carbocycles. The SMILES string of the molecule is NCO[B][C@@H](CC1CCCCC1)C(O)CC(=O)O. The minimum absolute atomic E-state index is 0.0565. The van der Waals surface area contributed by atoms with Crippen molar-refractivity contribution in [3.05, 3.63) is 0 Å². The Balaban J connectivity index is 2.44. The van der Waals surface area contributed by atoms with E-state index in [1.54, 1.807) is 0 Å². The van der Waals surface area contributed by atoms with Gasteiger partial charge in [-0.1, -0.05) is 32.1 Å². The molecule has 0 aliphatic heterocycles. The summed E-state index contributed by atoms with van der Waals surface area (Å²) in [6.45, 7) is 0.0565. The summed E-state index contributed by atoms with van der Waals surface area (Å²) in [4.78, 5) is 10.6. The second kappa shape index (κ2) is 8.51. The van der Waals surface area contributed by atoms with Crippen LogP contribution in [-0.2, 0) is 9.45 Å². The molecule has 0 aromatic rings. The van der Waals surface area contributed by atoms with E-state index in [-0.39, 0.29) is 19.0 Å². The number of aliphatic hydroxyl groups is 1. The average molecular weight is 256 g/mol. The molecule has 1 radical (unpaired) electrons. The van der Waals surface area contributed by atoms with E-state index < -0.39 is 12.1 Å². The largest absolute Gasteiger partial charge is 0.481 e. The molecule has 4 N–H and O–H groups in total. The fourth-order valence-electron chi connectivity index (χ4n) is 2.62. The summed E-state index contributed by atoms with van der Waals surface area (Å²) >= 11 is 0. The molecule has 1 rings (SSSR count). The fourth-order valence-corrected chi connectivity index (χ4v) is 2.62. The molecule has 1 aliphatic rings. The van der Waals surface area contributed by atoms with Crippen LogP contribution in [0.5, 0.6) is 0 Å². The van der Waals surface area contributed by atoms with E-state index in [0.717, 1.165) is 19.3 Å². The van der Waals surface area contributed by atoms with Crippen LogP contribution in [0.3, 0.4) is 0 Å². The summed E-state index contributed by atoms with van der Waals surface area (Å²) < 4.78 is 5.04. The number of aliphatic carboxylic acids is 1. The number of aliphatic hydroxyl groups excluding tert-OH is 1. The molecule has 1 unspecified atom stereocenters. The maximum absolute atomic E-state index is 10.6. The molecule has 0 saturated heterocycles. The van der Waals surface area contributed by atoms with Gasteiger partial charge in [-0.3, -0.25) is 4.79 Å². The predicted molar refractivity (Wildman–Crippen MR) is 69.1 cm³/mol. The second-order valence-corrected chi connectivity index (χ2v) is 5.04. The highest BCUT2D eigenvalue weighted by Crippen LogP contribution is 2.32. The Morgan fingerprint density at radius 2 is 2.06 bits per heavy atom. The first kappa shape index (κ1) is 15.5. The zero-order valence-corrected chi connectivity index (χ0v) is 10.8. The number of carboxylic acids is 1. The molecule has 0 bridgehead atoms. The van der Waals surface area contributed by atoms with E-state index in [1.165, 1.54) is 26.7 Å². The highest BCUT2D eigenvalue weighted by molar-refractivity contribution is 6.29. The fraction of sp³-hybridized carbons (Fsp3) is 0.917. The van der Waals surface area contributed by atoms with Gasteiger partial charge < -0.3 is 20.6 Å². The summed E-state index contributed by atoms with van der Waals surface area (Å²) in [6, 6.07) is 0. The number of hydrogen-bond acceptors (Lipinski definition) is 4. The first-order valence-corrected chi connectivity index (χ1v) is 6.68. The van der Waals surface area contributed by atoms with Gasteiger partial charge in [0.1, 0.15) is 0 Å². The Morgan fingerprint density at radius 1 is 1.39 bits per heavy atom. The van der Waals surface area contributed by atoms with Gasteiger partial charge in [-0.15, -0.1) is 0 Å². The Kier molecular flexibility index (Phi) is 7.31. The summed E-state index contributed by atoms with van der Waals surface area (Å²) in [7, 11) is 1.52. The molecule has 1 aliphatic carbocycles. The van der Waals surface area contributed by atoms with Crippen molar-refractivity contribution in [2.24, 2.45) is 11.7 Å². The van der Waals surface area contributed by atoms with Crippen LogP contribution in [0.1, 0.15) is 44.9 Å². The van der Waals surface area contributed by atoms with Gasteiger partial charge in [0.05, 0.1) is 19.3 Å². The predicted octanol–water partition coefficient (Wildman–Crippen LogP) is 1.13. The lowest BCUT2D eigenvalue weighted by Gasteiger charge is -2.28. The van der Waals surface area contributed by atoms with Crippen LogP contribution in [0.2, 0.25) is 5.82 Å². The number of carboxylic acid groups (broad SMARTS) is 1. The molecule has 1 saturated carbocycles. The summed E-state index contributed by atoms with van der Waals surface area (Å²) in [5.74, 6) is -0.671. The molecule has 5 nitrogen and oxygen atoms in total. The summed E-state index contributed by atoms with van der Waals surface area (Å²) in [6.07, 6.45) is 5.70. The molecule has 18 heavy (non-hydrogen) atoms. The molecular weight excluding hydrogens is 233 g/mol. The molecule has 103 valence electrons. The van der Waals surface area contributed by atoms with Crippen LogP contribution in [0.25, 0.3) is 0 Å². The van der Waals surface area contributed by atoms with Gasteiger partial charge in [-0.25, -0.2) is 0 Å². The van der Waals surface area contributed by atoms with Crippen molar-refractivity contribution < 1.29 is 19.7 Å². The Bertz CT molecular complexity index is 246. The van der Waals surface area contributed by atoms with Gasteiger partial charge in [0.2, 0.25) is 0 Å². The molecule has 6 heteroatoms. The standard InChI is InChI=1S/C12H23BNO4/c14-8-18-13-10(11(15)7-12(16)17)6-9-4-2-1-3-5-9/h9-11,15H,1-8,14H2,(H,16,17)/t10-,11?/m0/s1. The first-order valence-electron chi connectivity index (χ1n) is 6.68. The highest BCUT2D eigenvalue weighted by Gasteiger charge is 2.27. The van der Waals surface area contributed by atoms with Crippen LogP contribution in [0, 0.1) is 5.92 Å². The van der Waals surface area contributed by atoms with Gasteiger partial charge in [0.25, 0.3) is 7.48 Å². The minimum atomic E-state index is -0.989. The van der Waals surface area contributed by atoms with Crippen molar-refractivity contribution in [2.75, 3.05) is 6.73 Å². The van der Waals surface area contributed by atoms with Crippen molar-refractivity contribution >= 4 is 13.5 Å². The van der Waals surface area contributed by atoms with Gasteiger partial charge in [-0.2, -0.15) is 0 Å². The number of carbonyl (C=O) groups is 1. The van der Waals surface area contributed by atoms with E-state index in [4.69, 9.17) is 15.5 Å². The van der Waals surface area contributed by atoms with Gasteiger partial charge >= 0.3 is 5.97 Å². The second-order valence-electron chi connectivity index (χ2n) is 5.04. The van der Waals surface area contributed by atoms with E-state index in [2.05, 4.69) is 0 Å². The summed E-state index contributed by atoms with van der Waals surface area (Å²) in [5.41, 5.74) is 5.26. The molecule has 2 atom stereocenters. The van der Waals surface area contributed by atoms with E-state index in [1.807, 2.05) is 0 Å². The number of rotatable bonds is 8. The third-order valence-corrected chi connectivity index (χ3v) is 3.58. The quantitative estimate of drug-likeness (QED) is 0.447. The van der Waals surface area contributed by atoms with Crippen molar-refractivity contribution in [1.82, 2.24) is 0 Å². The van der Waals surface area contributed by atoms with E-state index >= 15 is 0 Å². The van der Waals surface area contributed by atoms with Crippen molar-refractivity contribution in [3.8, 4) is 0 Å². The Labute approximate surface area is 109 Å². The van der Waals surface area contributed by atoms with Crippen LogP contribution >= 0.6 is 0 Å². The van der Waals surface area contributed by atoms with Gasteiger partial charge in [0.15, 0.2) is 0 Å². The van der Waals surface area contributed by atoms with Gasteiger partial charge in [0, 0.05) is 0 Å². The molecule has 0 spiro atoms. The van der Waals surface area contributed by atoms with Crippen LogP contribution < -0.4 is 5.73 Å². The van der Waals surface area contributed by atoms with E-state index in [0.29, 0.717) is 5.92 Å². The lowest BCUT2D eigenvalue weighted by molar-refractivity contribution is -0.139. The first-order chi connectivity index (χ1) is 8.63. The maximum atomic E-state index is 10.6. The Hall–Kier alpha value is -0.585.